The first-order valence-electron chi connectivity index (χ1n) is 8.95. The number of urea groups is 1. The molecule has 0 atom stereocenters. The Balaban J connectivity index is 1.57. The molecule has 1 aromatic heterocycles. The lowest BCUT2D eigenvalue weighted by atomic mass is 10.1. The summed E-state index contributed by atoms with van der Waals surface area (Å²) < 4.78 is 26.5. The molecule has 0 aliphatic carbocycles. The van der Waals surface area contributed by atoms with E-state index in [1.165, 1.54) is 24.3 Å². The average Bonchev–Trinajstić information content (AvgIpc) is 3.25. The second kappa shape index (κ2) is 8.21. The Hall–Kier alpha value is -2.92. The van der Waals surface area contributed by atoms with Crippen LogP contribution in [-0.4, -0.2) is 26.3 Å². The van der Waals surface area contributed by atoms with Crippen LogP contribution in [0.15, 0.2) is 52.7 Å². The predicted octanol–water partition coefficient (Wildman–Crippen LogP) is 4.67. The van der Waals surface area contributed by atoms with Crippen molar-refractivity contribution in [3.8, 4) is 0 Å². The molecule has 4 amide bonds. The minimum Gasteiger partial charge on any atom is -0.307 e. The molecule has 3 aromatic rings. The lowest BCUT2D eigenvalue weighted by molar-refractivity contribution is 0.0925. The first-order chi connectivity index (χ1) is 15.1. The van der Waals surface area contributed by atoms with Crippen LogP contribution >= 0.6 is 34.5 Å². The molecule has 0 spiro atoms. The number of aryl methyl sites for hydroxylation is 1. The van der Waals surface area contributed by atoms with E-state index in [1.54, 1.807) is 31.2 Å². The molecule has 2 N–H and O–H groups in total. The third-order valence-electron chi connectivity index (χ3n) is 4.57. The van der Waals surface area contributed by atoms with Gasteiger partial charge in [-0.25, -0.2) is 22.8 Å². The predicted molar refractivity (Wildman–Crippen MR) is 122 cm³/mol. The number of anilines is 2. The Morgan fingerprint density at radius 2 is 1.62 bits per heavy atom. The molecule has 0 saturated heterocycles. The first-order valence-corrected chi connectivity index (χ1v) is 12.0. The second-order valence-electron chi connectivity index (χ2n) is 6.73. The Kier molecular flexibility index (Phi) is 5.72. The van der Waals surface area contributed by atoms with Gasteiger partial charge in [-0.2, -0.15) is 0 Å². The van der Waals surface area contributed by atoms with Gasteiger partial charge in [0.25, 0.3) is 21.8 Å². The summed E-state index contributed by atoms with van der Waals surface area (Å²) in [5.74, 6) is -1.01. The molecule has 12 heteroatoms. The first kappa shape index (κ1) is 22.3. The monoisotopic (exact) mass is 509 g/mol. The summed E-state index contributed by atoms with van der Waals surface area (Å²) in [6.07, 6.45) is 0. The Bertz CT molecular complexity index is 1340. The highest BCUT2D eigenvalue weighted by molar-refractivity contribution is 7.92. The summed E-state index contributed by atoms with van der Waals surface area (Å²) in [5.41, 5.74) is 1.33. The molecular weight excluding hydrogens is 497 g/mol. The highest BCUT2D eigenvalue weighted by atomic mass is 35.5. The fraction of sp³-hybridized carbons (Fsp3) is 0.0500. The number of imide groups is 1. The maximum Gasteiger partial charge on any atom is 0.333 e. The molecule has 0 radical (unpaired) electrons. The minimum atomic E-state index is -4.10. The molecule has 1 aliphatic rings. The van der Waals surface area contributed by atoms with Gasteiger partial charge >= 0.3 is 6.03 Å². The van der Waals surface area contributed by atoms with Crippen LogP contribution in [0.4, 0.5) is 16.2 Å². The zero-order valence-electron chi connectivity index (χ0n) is 16.2. The zero-order valence-corrected chi connectivity index (χ0v) is 19.3. The molecule has 0 unspecified atom stereocenters. The SMILES string of the molecule is Cc1cc(NC(=O)NS(=O)(=O)c2ccc(Cl)s2)cc(Cl)c1N1C(=O)c2ccccc2C1=O. The van der Waals surface area contributed by atoms with E-state index in [0.29, 0.717) is 5.56 Å². The molecular formula is C20H13Cl2N3O5S2. The number of sulfonamides is 1. The molecule has 164 valence electrons. The van der Waals surface area contributed by atoms with Crippen molar-refractivity contribution in [2.24, 2.45) is 0 Å². The molecule has 2 heterocycles. The van der Waals surface area contributed by atoms with Gasteiger partial charge in [0.15, 0.2) is 0 Å². The maximum absolute atomic E-state index is 12.8. The fourth-order valence-corrected chi connectivity index (χ4v) is 6.00. The summed E-state index contributed by atoms with van der Waals surface area (Å²) in [4.78, 5) is 38.7. The maximum atomic E-state index is 12.8. The van der Waals surface area contributed by atoms with E-state index in [2.05, 4.69) is 5.32 Å². The second-order valence-corrected chi connectivity index (χ2v) is 10.8. The van der Waals surface area contributed by atoms with Crippen molar-refractivity contribution in [2.45, 2.75) is 11.1 Å². The topological polar surface area (TPSA) is 113 Å². The lowest BCUT2D eigenvalue weighted by Crippen LogP contribution is -2.34. The van der Waals surface area contributed by atoms with Crippen molar-refractivity contribution in [1.82, 2.24) is 4.72 Å². The molecule has 2 aromatic carbocycles. The minimum absolute atomic E-state index is 0.0303. The number of carbonyl (C=O) groups is 3. The van der Waals surface area contributed by atoms with Crippen molar-refractivity contribution in [2.75, 3.05) is 10.2 Å². The molecule has 8 nitrogen and oxygen atoms in total. The Morgan fingerprint density at radius 3 is 2.16 bits per heavy atom. The van der Waals surface area contributed by atoms with Crippen molar-refractivity contribution in [3.63, 3.8) is 0 Å². The van der Waals surface area contributed by atoms with Gasteiger partial charge in [-0.3, -0.25) is 9.59 Å². The molecule has 0 fully saturated rings. The summed E-state index contributed by atoms with van der Waals surface area (Å²) >= 11 is 12.9. The number of fused-ring (bicyclic) bond motifs is 1. The van der Waals surface area contributed by atoms with Crippen LogP contribution in [0.25, 0.3) is 0 Å². The van der Waals surface area contributed by atoms with Crippen LogP contribution < -0.4 is 14.9 Å². The third-order valence-corrected chi connectivity index (χ3v) is 7.91. The van der Waals surface area contributed by atoms with E-state index >= 15 is 0 Å². The van der Waals surface area contributed by atoms with E-state index in [-0.39, 0.29) is 36.1 Å². The van der Waals surface area contributed by atoms with Crippen LogP contribution in [0.2, 0.25) is 9.36 Å². The van der Waals surface area contributed by atoms with Gasteiger partial charge in [-0.1, -0.05) is 35.3 Å². The number of rotatable bonds is 4. The normalized spacial score (nSPS) is 13.3. The number of thiophene rings is 1. The number of amides is 4. The summed E-state index contributed by atoms with van der Waals surface area (Å²) in [6, 6.07) is 10.9. The van der Waals surface area contributed by atoms with E-state index in [9.17, 15) is 22.8 Å². The number of hydrogen-bond donors (Lipinski definition) is 2. The lowest BCUT2D eigenvalue weighted by Gasteiger charge is -2.19. The van der Waals surface area contributed by atoms with Crippen LogP contribution in [0.1, 0.15) is 26.3 Å². The fourth-order valence-electron chi connectivity index (χ4n) is 3.26. The largest absolute Gasteiger partial charge is 0.333 e. The van der Waals surface area contributed by atoms with Crippen molar-refractivity contribution in [1.29, 1.82) is 0 Å². The van der Waals surface area contributed by atoms with Gasteiger partial charge in [-0.15, -0.1) is 11.3 Å². The van der Waals surface area contributed by atoms with Crippen LogP contribution in [0.3, 0.4) is 0 Å². The van der Waals surface area contributed by atoms with Gasteiger partial charge in [0.1, 0.15) is 4.21 Å². The van der Waals surface area contributed by atoms with E-state index in [1.807, 2.05) is 4.72 Å². The van der Waals surface area contributed by atoms with Gasteiger partial charge in [0.2, 0.25) is 0 Å². The summed E-state index contributed by atoms with van der Waals surface area (Å²) in [7, 11) is -4.10. The number of halogens is 2. The van der Waals surface area contributed by atoms with Crippen LogP contribution in [0.5, 0.6) is 0 Å². The molecule has 0 saturated carbocycles. The third kappa shape index (κ3) is 3.97. The Labute approximate surface area is 196 Å². The highest BCUT2D eigenvalue weighted by Crippen LogP contribution is 2.37. The summed E-state index contributed by atoms with van der Waals surface area (Å²) in [6.45, 7) is 1.61. The standard InChI is InChI=1S/C20H13Cl2N3O5S2/c1-10-8-11(23-20(28)24-32(29,30)16-7-6-15(22)31-16)9-14(21)17(10)25-18(26)12-4-2-3-5-13(12)19(25)27/h2-9H,1H3,(H2,23,24,28). The quantitative estimate of drug-likeness (QED) is 0.496. The molecule has 32 heavy (non-hydrogen) atoms. The Morgan fingerprint density at radius 1 is 1.00 bits per heavy atom. The molecule has 0 bridgehead atoms. The zero-order chi connectivity index (χ0) is 23.2. The van der Waals surface area contributed by atoms with E-state index < -0.39 is 27.9 Å². The van der Waals surface area contributed by atoms with Crippen molar-refractivity contribution < 1.29 is 22.8 Å². The smallest absolute Gasteiger partial charge is 0.307 e. The number of nitrogens with one attached hydrogen (secondary N) is 2. The highest BCUT2D eigenvalue weighted by Gasteiger charge is 2.38. The number of benzene rings is 2. The van der Waals surface area contributed by atoms with E-state index in [0.717, 1.165) is 16.2 Å². The van der Waals surface area contributed by atoms with Gasteiger partial charge in [-0.05, 0) is 48.9 Å². The summed E-state index contributed by atoms with van der Waals surface area (Å²) in [5, 5.41) is 2.41. The number of hydrogen-bond acceptors (Lipinski definition) is 6. The number of nitrogens with zero attached hydrogens (tertiary/aromatic N) is 1. The van der Waals surface area contributed by atoms with Gasteiger partial charge in [0.05, 0.1) is 26.2 Å². The van der Waals surface area contributed by atoms with Crippen molar-refractivity contribution in [3.05, 3.63) is 74.6 Å². The van der Waals surface area contributed by atoms with Crippen LogP contribution in [0, 0.1) is 6.92 Å². The van der Waals surface area contributed by atoms with Gasteiger partial charge in [0, 0.05) is 5.69 Å². The number of carbonyl (C=O) groups excluding carboxylic acids is 3. The van der Waals surface area contributed by atoms with Crippen LogP contribution in [-0.2, 0) is 10.0 Å². The average molecular weight is 510 g/mol. The molecule has 1 aliphatic heterocycles. The van der Waals surface area contributed by atoms with E-state index in [4.69, 9.17) is 23.2 Å². The van der Waals surface area contributed by atoms with Gasteiger partial charge < -0.3 is 5.32 Å². The van der Waals surface area contributed by atoms with Crippen molar-refractivity contribution >= 4 is 73.8 Å². The molecule has 4 rings (SSSR count).